The number of nitrogens with zero attached hydrogens (tertiary/aromatic N) is 3. The van der Waals surface area contributed by atoms with Gasteiger partial charge in [0.1, 0.15) is 31.1 Å². The summed E-state index contributed by atoms with van der Waals surface area (Å²) in [5.74, 6) is -2.60. The minimum atomic E-state index is -2.23. The molecule has 9 saturated heterocycles. The molecule has 43 heteroatoms. The van der Waals surface area contributed by atoms with Gasteiger partial charge in [-0.3, -0.25) is 47.9 Å². The van der Waals surface area contributed by atoms with Crippen LogP contribution in [-0.2, 0) is 122 Å². The van der Waals surface area contributed by atoms with Crippen LogP contribution < -0.4 is 44.1 Å². The number of hydrogen-bond acceptors (Lipinski definition) is 31. The predicted molar refractivity (Wildman–Crippen MR) is 576 cm³/mol. The third-order valence-corrected chi connectivity index (χ3v) is 40.0. The number of hydrogen-bond donors (Lipinski definition) is 5. The molecule has 6 aromatic rings. The number of esters is 3. The Morgan fingerprint density at radius 3 is 1.28 bits per heavy atom. The molecule has 25 atom stereocenters. The van der Waals surface area contributed by atoms with Gasteiger partial charge in [0.2, 0.25) is 13.7 Å². The van der Waals surface area contributed by atoms with E-state index in [0.29, 0.717) is 78.8 Å². The monoisotopic (exact) mass is 2210 g/mol. The Labute approximate surface area is 882 Å². The summed E-state index contributed by atoms with van der Waals surface area (Å²) in [6.45, 7) is 56.9. The minimum Gasteiger partial charge on any atom is -0.457 e. The Bertz CT molecular complexity index is 5900. The summed E-state index contributed by atoms with van der Waals surface area (Å²) in [6, 6.07) is 30.5. The SMILES string of the molecule is CC(=O)OC1O[C@H](CCP(C)(C)=O)[C@@H](C)[C@H]1OC(C)=O.CC(=O)O[C@@H]1[C@H](C)[C@@H](CCP(C)(C)=O)O[C@H]1n1cc(C)c(=O)[nH]c1=O.CC(C)(C)[Si](Cl)(c1ccccc1)c1ccccc1.CCC(O)[C@H]1O[C@@H]2OC(C)(C)O[C@@H]2[C@@H]1C.CCC[C@H]1O[C@@H]2OC(C)(C)O[C@@H]2[C@@H]1C.C[C@H]1[C@H]2OC(C)(C)O[C@H]2O[C@@H]1CCP(C)(C)=O.Cc1c[nH]c(=O)[nH]c1=O.Cc1cn([C@@H]2O[C@H](CCP(C)(C)=O)[C@@H](C)[C@H]2O)c(=O)n(COCc2ccccc2)c1=O. The summed E-state index contributed by atoms with van der Waals surface area (Å²) in [5, 5.41) is 23.1. The van der Waals surface area contributed by atoms with Crippen LogP contribution in [0.3, 0.4) is 0 Å². The number of rotatable bonds is 27. The Hall–Kier alpha value is -7.06. The number of H-pyrrole nitrogens is 3. The number of halogens is 1. The number of carbonyl (C=O) groups is 3. The molecule has 0 spiro atoms. The van der Waals surface area contributed by atoms with E-state index >= 15 is 0 Å². The maximum absolute atomic E-state index is 13.1. The molecule has 0 bridgehead atoms. The van der Waals surface area contributed by atoms with E-state index in [9.17, 15) is 71.6 Å². The molecule has 15 rings (SSSR count). The highest BCUT2D eigenvalue weighted by Gasteiger charge is 2.57. The molecular weight excluding hydrogens is 2040 g/mol. The maximum atomic E-state index is 13.1. The van der Waals surface area contributed by atoms with Gasteiger partial charge in [-0.1, -0.05) is 174 Å². The molecule has 0 radical (unpaired) electrons. The standard InChI is InChI=1S/C22H31N2O6P.C16H19ClSi.C16H25N2O6P.C13H23O6P.C12H23O4P.C11H20O4.C11H20O3.C5H6N2O2/c1-15-12-23(21-19(25)16(2)18(30-21)10-11-31(3,4)28)22(27)24(20(15)26)14-29-13-17-8-6-5-7-9-17;1-16(2,3)18(17,14-10-6-4-7-11-14)15-12-8-5-9-13-15;1-9-8-18(16(21)17-14(9)20)15-13(23-11(3)19)10(2)12(24-15)6-7-25(4,5)22;1-8-11(6-7-20(4,5)16)19-13(18-10(3)15)12(8)17-9(2)14;1-8-9(6-7-17(4,5)13)14-11-10(8)15-12(2,3)16-11;1-5-7(12)8-6(2)9-10(13-8)15-11(3,4)14-9;1-5-6-8-7(2)9-10(12-8)14-11(3,4)13-9;1-3-2-6-5(9)7-4(3)8/h5-9,12,16,18-19,21,25H,10-11,13-14H2,1-4H3;4-13H,1-3H3;8,10,12-13,15H,6-7H2,1-5H3,(H,17,20,21);8,11-13H,6-7H2,1-5H3;8-11H,6-7H2,1-5H3;6-10,12H,5H2,1-4H3;7-10H,5-6H2,1-4H3;2H,1H3,(H2,6,7,8,9)/t16-,18-,19-,21-;;10-,12-,13-,15-;8-,11-,12-,13?;8-,9-,10-,11-;6-,7?,8+,9-,10-;7-,8-,9-,10-;/m1.11111./s1. The van der Waals surface area contributed by atoms with Crippen molar-refractivity contribution in [3.05, 3.63) is 194 Å². The van der Waals surface area contributed by atoms with Crippen LogP contribution in [0.15, 0.2) is 138 Å². The second-order valence-corrected chi connectivity index (χ2v) is 64.7. The van der Waals surface area contributed by atoms with Gasteiger partial charge in [-0.05, 0) is 175 Å². The van der Waals surface area contributed by atoms with Gasteiger partial charge < -0.3 is 109 Å². The van der Waals surface area contributed by atoms with E-state index in [1.807, 2.05) is 132 Å². The van der Waals surface area contributed by atoms with Gasteiger partial charge in [0.05, 0.1) is 77.9 Å². The zero-order valence-corrected chi connectivity index (χ0v) is 98.1. The topological polar surface area (TPSA) is 472 Å². The van der Waals surface area contributed by atoms with Gasteiger partial charge in [-0.25, -0.2) is 19.0 Å². The minimum absolute atomic E-state index is 0.0168. The summed E-state index contributed by atoms with van der Waals surface area (Å²) in [5.41, 5.74) is -0.790. The molecule has 9 aliphatic rings. The summed E-state index contributed by atoms with van der Waals surface area (Å²) >= 11 is 7.21. The first-order valence-electron chi connectivity index (χ1n) is 51.4. The van der Waals surface area contributed by atoms with Crippen molar-refractivity contribution in [2.45, 2.75) is 357 Å². The average Bonchev–Trinajstić information content (AvgIpc) is 1.75. The van der Waals surface area contributed by atoms with E-state index in [1.165, 1.54) is 58.9 Å². The normalized spacial score (nSPS) is 29.0. The number of nitrogens with one attached hydrogen (secondary N) is 3. The lowest BCUT2D eigenvalue weighted by Gasteiger charge is -2.38. The number of aromatic nitrogens is 6. The third kappa shape index (κ3) is 36.8. The molecule has 9 aliphatic heterocycles. The first kappa shape index (κ1) is 127. The average molecular weight is 2210 g/mol. The second-order valence-electron chi connectivity index (χ2n) is 44.6. The predicted octanol–water partition coefficient (Wildman–Crippen LogP) is 14.8. The first-order chi connectivity index (χ1) is 69.0. The second kappa shape index (κ2) is 54.1. The Balaban J connectivity index is 0.000000212. The third-order valence-electron chi connectivity index (χ3n) is 27.4. The summed E-state index contributed by atoms with van der Waals surface area (Å²) in [6.07, 6.45) is 5.39. The van der Waals surface area contributed by atoms with Crippen LogP contribution in [0.25, 0.3) is 0 Å². The van der Waals surface area contributed by atoms with Gasteiger partial charge in [-0.2, -0.15) is 11.1 Å². The van der Waals surface area contributed by atoms with Crippen molar-refractivity contribution in [3.63, 3.8) is 0 Å². The quantitative estimate of drug-likeness (QED) is 0.0105. The zero-order valence-electron chi connectivity index (χ0n) is 92.8. The number of benzene rings is 3. The molecule has 3 aromatic carbocycles. The molecule has 12 heterocycles. The van der Waals surface area contributed by atoms with Crippen LogP contribution in [-0.4, -0.2) is 264 Å². The Morgan fingerprint density at radius 2 is 0.872 bits per heavy atom. The summed E-state index contributed by atoms with van der Waals surface area (Å²) < 4.78 is 142. The van der Waals surface area contributed by atoms with Crippen LogP contribution in [0, 0.1) is 56.3 Å². The number of aromatic amines is 3. The van der Waals surface area contributed by atoms with Crippen molar-refractivity contribution in [2.75, 3.05) is 78.0 Å². The molecule has 0 saturated carbocycles. The van der Waals surface area contributed by atoms with E-state index in [2.05, 4.69) is 105 Å². The summed E-state index contributed by atoms with van der Waals surface area (Å²) in [4.78, 5) is 111. The summed E-state index contributed by atoms with van der Waals surface area (Å²) in [7, 11) is -10.8. The fourth-order valence-electron chi connectivity index (χ4n) is 19.0. The smallest absolute Gasteiger partial charge is 0.335 e. The highest BCUT2D eigenvalue weighted by molar-refractivity contribution is 7.63. The number of fused-ring (bicyclic) bond motifs is 3. The zero-order chi connectivity index (χ0) is 112. The van der Waals surface area contributed by atoms with E-state index in [1.54, 1.807) is 60.8 Å². The molecule has 2 unspecified atom stereocenters. The van der Waals surface area contributed by atoms with Crippen molar-refractivity contribution in [1.29, 1.82) is 0 Å². The van der Waals surface area contributed by atoms with Gasteiger partial charge in [0.15, 0.2) is 60.9 Å². The van der Waals surface area contributed by atoms with Crippen LogP contribution in [0.2, 0.25) is 5.04 Å². The van der Waals surface area contributed by atoms with Crippen LogP contribution in [0.4, 0.5) is 0 Å². The number of carbonyl (C=O) groups excluding carboxylic acids is 3. The molecule has 5 N–H and O–H groups in total. The maximum Gasteiger partial charge on any atom is 0.335 e. The van der Waals surface area contributed by atoms with Gasteiger partial charge in [-0.15, -0.1) is 0 Å². The first-order valence-corrected chi connectivity index (χ1v) is 65.5. The van der Waals surface area contributed by atoms with E-state index < -0.39 is 143 Å². The number of ether oxygens (including phenoxy) is 16. The Kier molecular flexibility index (Phi) is 46.1. The van der Waals surface area contributed by atoms with Crippen LogP contribution in [0.5, 0.6) is 0 Å². The van der Waals surface area contributed by atoms with E-state index in [4.69, 9.17) is 86.9 Å². The number of aliphatic hydroxyl groups excluding tert-OH is 2. The molecule has 3 aromatic heterocycles. The van der Waals surface area contributed by atoms with Gasteiger partial charge in [0.25, 0.3) is 16.7 Å². The van der Waals surface area contributed by atoms with E-state index in [-0.39, 0.29) is 115 Å². The molecule has 838 valence electrons. The van der Waals surface area contributed by atoms with Crippen molar-refractivity contribution in [3.8, 4) is 0 Å². The van der Waals surface area contributed by atoms with Crippen LogP contribution in [0.1, 0.15) is 218 Å². The highest BCUT2D eigenvalue weighted by atomic mass is 35.6. The highest BCUT2D eigenvalue weighted by Crippen LogP contribution is 2.50. The molecule has 0 aliphatic carbocycles. The number of aliphatic hydroxyl groups is 2. The van der Waals surface area contributed by atoms with Crippen LogP contribution >= 0.6 is 39.6 Å². The molecule has 149 heavy (non-hydrogen) atoms. The lowest BCUT2D eigenvalue weighted by molar-refractivity contribution is -0.219. The van der Waals surface area contributed by atoms with E-state index in [0.717, 1.165) is 35.6 Å². The van der Waals surface area contributed by atoms with Crippen molar-refractivity contribution in [1.82, 2.24) is 28.7 Å². The van der Waals surface area contributed by atoms with Crippen molar-refractivity contribution >= 4 is 75.3 Å². The fraction of sp³-hybridized carbons (Fsp3) is 0.689. The lowest BCUT2D eigenvalue weighted by Crippen LogP contribution is -2.59. The molecule has 9 fully saturated rings. The molecule has 0 amide bonds. The Morgan fingerprint density at radius 1 is 0.483 bits per heavy atom. The van der Waals surface area contributed by atoms with Gasteiger partial charge >= 0.3 is 35.0 Å². The molecule has 37 nitrogen and oxygen atoms in total. The molecular formula is C106H167ClN6O31P4Si. The van der Waals surface area contributed by atoms with Gasteiger partial charge in [0, 0.05) is 116 Å². The number of aryl methyl sites for hydroxylation is 3. The van der Waals surface area contributed by atoms with Crippen molar-refractivity contribution in [2.24, 2.45) is 35.5 Å². The van der Waals surface area contributed by atoms with Crippen molar-refractivity contribution < 1.29 is 119 Å². The lowest BCUT2D eigenvalue weighted by atomic mass is 9.96. The largest absolute Gasteiger partial charge is 0.457 e. The fourth-order valence-corrected chi connectivity index (χ4v) is 26.6.